The maximum atomic E-state index is 12.5. The van der Waals surface area contributed by atoms with Crippen LogP contribution in [0.3, 0.4) is 0 Å². The van der Waals surface area contributed by atoms with Crippen LogP contribution in [0.25, 0.3) is 22.5 Å². The number of carboxylic acid groups (broad SMARTS) is 2. The summed E-state index contributed by atoms with van der Waals surface area (Å²) in [5.74, 6) is -2.98. The summed E-state index contributed by atoms with van der Waals surface area (Å²) < 4.78 is 12.0. The average molecular weight is 489 g/mol. The number of nitrogens with zero attached hydrogens (tertiary/aromatic N) is 1. The van der Waals surface area contributed by atoms with Crippen LogP contribution in [0.1, 0.15) is 26.3 Å². The Hall–Kier alpha value is -4.92. The van der Waals surface area contributed by atoms with Crippen molar-refractivity contribution in [2.24, 2.45) is 0 Å². The van der Waals surface area contributed by atoms with Crippen molar-refractivity contribution in [2.75, 3.05) is 14.2 Å². The maximum absolute atomic E-state index is 12.5. The van der Waals surface area contributed by atoms with Gasteiger partial charge in [0.15, 0.2) is 23.0 Å². The summed E-state index contributed by atoms with van der Waals surface area (Å²) in [5, 5.41) is 40.6. The smallest absolute Gasteiger partial charge is 0.338 e. The van der Waals surface area contributed by atoms with Crippen LogP contribution in [0.2, 0.25) is 0 Å². The molecular weight excluding hydrogens is 466 g/mol. The molecule has 1 aromatic heterocycles. The summed E-state index contributed by atoms with van der Waals surface area (Å²) in [6.07, 6.45) is 0. The number of benzene rings is 3. The molecule has 9 heteroatoms. The van der Waals surface area contributed by atoms with E-state index in [2.05, 4.69) is 0 Å². The lowest BCUT2D eigenvalue weighted by molar-refractivity contribution is 0.0654. The Kier molecular flexibility index (Phi) is 6.56. The van der Waals surface area contributed by atoms with Crippen molar-refractivity contribution in [2.45, 2.75) is 6.54 Å². The van der Waals surface area contributed by atoms with E-state index in [0.29, 0.717) is 11.1 Å². The van der Waals surface area contributed by atoms with Gasteiger partial charge < -0.3 is 34.5 Å². The molecule has 4 rings (SSSR count). The van der Waals surface area contributed by atoms with Gasteiger partial charge in [0.05, 0.1) is 25.6 Å². The first-order valence-electron chi connectivity index (χ1n) is 10.8. The lowest BCUT2D eigenvalue weighted by Crippen LogP contribution is -2.07. The summed E-state index contributed by atoms with van der Waals surface area (Å²) in [7, 11) is 2.72. The molecule has 9 nitrogen and oxygen atoms in total. The van der Waals surface area contributed by atoms with Crippen LogP contribution in [-0.4, -0.2) is 51.2 Å². The molecule has 0 atom stereocenters. The molecule has 1 heterocycles. The number of phenols is 2. The van der Waals surface area contributed by atoms with Crippen molar-refractivity contribution >= 4 is 11.9 Å². The van der Waals surface area contributed by atoms with Crippen LogP contribution in [0.4, 0.5) is 0 Å². The van der Waals surface area contributed by atoms with Crippen molar-refractivity contribution in [3.63, 3.8) is 0 Å². The van der Waals surface area contributed by atoms with Crippen LogP contribution < -0.4 is 9.47 Å². The fraction of sp³-hybridized carbons (Fsp3) is 0.111. The molecule has 0 radical (unpaired) electrons. The van der Waals surface area contributed by atoms with Gasteiger partial charge in [0.25, 0.3) is 0 Å². The minimum absolute atomic E-state index is 0.0982. The van der Waals surface area contributed by atoms with E-state index < -0.39 is 23.1 Å². The number of aromatic carboxylic acids is 2. The first-order chi connectivity index (χ1) is 17.3. The number of aromatic hydroxyl groups is 2. The highest BCUT2D eigenvalue weighted by molar-refractivity contribution is 6.11. The highest BCUT2D eigenvalue weighted by Crippen LogP contribution is 2.42. The second-order valence-corrected chi connectivity index (χ2v) is 7.90. The summed E-state index contributed by atoms with van der Waals surface area (Å²) >= 11 is 0. The van der Waals surface area contributed by atoms with Gasteiger partial charge in [-0.3, -0.25) is 0 Å². The van der Waals surface area contributed by atoms with Crippen molar-refractivity contribution in [3.8, 4) is 45.5 Å². The van der Waals surface area contributed by atoms with Gasteiger partial charge in [-0.05, 0) is 42.0 Å². The van der Waals surface area contributed by atoms with Crippen LogP contribution in [0, 0.1) is 0 Å². The Balaban J connectivity index is 2.16. The lowest BCUT2D eigenvalue weighted by Gasteiger charge is -2.16. The molecule has 0 aliphatic heterocycles. The number of aromatic nitrogens is 1. The molecule has 0 aliphatic carbocycles. The number of hydrogen-bond acceptors (Lipinski definition) is 6. The average Bonchev–Trinajstić information content (AvgIpc) is 3.20. The molecular formula is C27H23NO8. The minimum atomic E-state index is -1.44. The monoisotopic (exact) mass is 489 g/mol. The Morgan fingerprint density at radius 2 is 1.17 bits per heavy atom. The molecule has 3 aromatic carbocycles. The van der Waals surface area contributed by atoms with Crippen molar-refractivity contribution in [1.29, 1.82) is 0 Å². The zero-order valence-electron chi connectivity index (χ0n) is 19.4. The fourth-order valence-electron chi connectivity index (χ4n) is 4.21. The summed E-state index contributed by atoms with van der Waals surface area (Å²) in [6, 6.07) is 17.7. The molecule has 0 amide bonds. The maximum Gasteiger partial charge on any atom is 0.338 e. The highest BCUT2D eigenvalue weighted by atomic mass is 16.5. The molecule has 0 saturated heterocycles. The number of phenolic OH excluding ortho intramolecular Hbond substituents is 2. The number of carboxylic acids is 2. The van der Waals surface area contributed by atoms with Crippen LogP contribution in [0.15, 0.2) is 66.7 Å². The first-order valence-corrected chi connectivity index (χ1v) is 10.8. The molecule has 0 spiro atoms. The normalized spacial score (nSPS) is 10.7. The van der Waals surface area contributed by atoms with E-state index in [1.165, 1.54) is 50.6 Å². The Bertz CT molecular complexity index is 1370. The molecule has 36 heavy (non-hydrogen) atoms. The summed E-state index contributed by atoms with van der Waals surface area (Å²) in [5.41, 5.74) is 0.838. The van der Waals surface area contributed by atoms with Gasteiger partial charge in [0.1, 0.15) is 11.1 Å². The lowest BCUT2D eigenvalue weighted by atomic mass is 10.0. The first kappa shape index (κ1) is 24.2. The molecule has 184 valence electrons. The van der Waals surface area contributed by atoms with Gasteiger partial charge in [-0.25, -0.2) is 9.59 Å². The quantitative estimate of drug-likeness (QED) is 0.280. The number of hydrogen-bond donors (Lipinski definition) is 4. The van der Waals surface area contributed by atoms with E-state index in [9.17, 15) is 30.0 Å². The standard InChI is InChI=1S/C27H23NO8/c1-35-20-12-16(8-10-18(20)29)24-22(26(31)32)23(27(33)34)25(17-9-11-19(30)21(13-17)36-2)28(24)14-15-6-4-3-5-7-15/h3-13,29-30H,14H2,1-2H3,(H,31,32)(H,33,34). The second kappa shape index (κ2) is 9.75. The van der Waals surface area contributed by atoms with Gasteiger partial charge in [-0.15, -0.1) is 0 Å². The molecule has 0 aliphatic rings. The van der Waals surface area contributed by atoms with E-state index in [0.717, 1.165) is 5.56 Å². The molecule has 0 bridgehead atoms. The van der Waals surface area contributed by atoms with Gasteiger partial charge in [-0.2, -0.15) is 0 Å². The third-order valence-corrected chi connectivity index (χ3v) is 5.78. The van der Waals surface area contributed by atoms with E-state index in [-0.39, 0.29) is 40.9 Å². The summed E-state index contributed by atoms with van der Waals surface area (Å²) in [4.78, 5) is 25.1. The topological polar surface area (TPSA) is 138 Å². The molecule has 0 unspecified atom stereocenters. The van der Waals surface area contributed by atoms with Crippen LogP contribution in [0.5, 0.6) is 23.0 Å². The minimum Gasteiger partial charge on any atom is -0.504 e. The second-order valence-electron chi connectivity index (χ2n) is 7.90. The highest BCUT2D eigenvalue weighted by Gasteiger charge is 2.33. The van der Waals surface area contributed by atoms with Crippen molar-refractivity contribution in [3.05, 3.63) is 83.4 Å². The Labute approximate surface area is 206 Å². The van der Waals surface area contributed by atoms with E-state index in [1.807, 2.05) is 30.3 Å². The number of methoxy groups -OCH3 is 2. The SMILES string of the molecule is COc1cc(-c2c(C(=O)O)c(C(=O)O)c(-c3ccc(O)c(OC)c3)n2Cc2ccccc2)ccc1O. The Morgan fingerprint density at radius 3 is 1.56 bits per heavy atom. The van der Waals surface area contributed by atoms with E-state index >= 15 is 0 Å². The van der Waals surface area contributed by atoms with Crippen molar-refractivity contribution in [1.82, 2.24) is 4.57 Å². The molecule has 0 fully saturated rings. The van der Waals surface area contributed by atoms with Crippen molar-refractivity contribution < 1.29 is 39.5 Å². The predicted molar refractivity (Wildman–Crippen MR) is 131 cm³/mol. The molecule has 0 saturated carbocycles. The van der Waals surface area contributed by atoms with E-state index in [1.54, 1.807) is 4.57 Å². The third kappa shape index (κ3) is 4.29. The Morgan fingerprint density at radius 1 is 0.722 bits per heavy atom. The van der Waals surface area contributed by atoms with Gasteiger partial charge >= 0.3 is 11.9 Å². The summed E-state index contributed by atoms with van der Waals surface area (Å²) in [6.45, 7) is 0.130. The van der Waals surface area contributed by atoms with Crippen LogP contribution >= 0.6 is 0 Å². The van der Waals surface area contributed by atoms with E-state index in [4.69, 9.17) is 9.47 Å². The van der Waals surface area contributed by atoms with Gasteiger partial charge in [0, 0.05) is 17.7 Å². The zero-order valence-corrected chi connectivity index (χ0v) is 19.4. The number of carbonyl (C=O) groups is 2. The molecule has 4 aromatic rings. The van der Waals surface area contributed by atoms with Gasteiger partial charge in [-0.1, -0.05) is 30.3 Å². The predicted octanol–water partition coefficient (Wildman–Crippen LogP) is 4.70. The fourth-order valence-corrected chi connectivity index (χ4v) is 4.21. The third-order valence-electron chi connectivity index (χ3n) is 5.78. The molecule has 4 N–H and O–H groups in total. The zero-order chi connectivity index (χ0) is 26.0. The number of ether oxygens (including phenoxy) is 2. The van der Waals surface area contributed by atoms with Crippen LogP contribution in [-0.2, 0) is 6.54 Å². The number of rotatable bonds is 8. The van der Waals surface area contributed by atoms with Gasteiger partial charge in [0.2, 0.25) is 0 Å². The largest absolute Gasteiger partial charge is 0.504 e.